The molecular weight excluding hydrogens is 229 g/mol. The van der Waals surface area contributed by atoms with Gasteiger partial charge in [0.2, 0.25) is 0 Å². The smallest absolute Gasteiger partial charge is 0.148 e. The number of hydrogen-bond acceptors (Lipinski definition) is 3. The van der Waals surface area contributed by atoms with Crippen LogP contribution in [0.15, 0.2) is 30.3 Å². The number of aryl methyl sites for hydroxylation is 1. The molecule has 0 aliphatic rings. The Morgan fingerprint density at radius 1 is 1.17 bits per heavy atom. The van der Waals surface area contributed by atoms with Gasteiger partial charge in [0.05, 0.1) is 5.69 Å². The highest BCUT2D eigenvalue weighted by molar-refractivity contribution is 5.60. The maximum absolute atomic E-state index is 13.3. The summed E-state index contributed by atoms with van der Waals surface area (Å²) < 4.78 is 13.3. The predicted octanol–water partition coefficient (Wildman–Crippen LogP) is 3.41. The molecule has 1 heterocycles. The van der Waals surface area contributed by atoms with Crippen molar-refractivity contribution in [3.63, 3.8) is 0 Å². The molecule has 0 bridgehead atoms. The average molecular weight is 245 g/mol. The predicted molar refractivity (Wildman–Crippen MR) is 70.9 cm³/mol. The second kappa shape index (κ2) is 5.58. The second-order valence-electron chi connectivity index (χ2n) is 4.25. The van der Waals surface area contributed by atoms with Crippen LogP contribution in [0.4, 0.5) is 10.2 Å². The lowest BCUT2D eigenvalue weighted by Gasteiger charge is -2.05. The normalized spacial score (nSPS) is 10.4. The monoisotopic (exact) mass is 245 g/mol. The van der Waals surface area contributed by atoms with Crippen molar-refractivity contribution < 1.29 is 4.39 Å². The fourth-order valence-corrected chi connectivity index (χ4v) is 1.72. The van der Waals surface area contributed by atoms with E-state index < -0.39 is 0 Å². The van der Waals surface area contributed by atoms with Gasteiger partial charge in [0.1, 0.15) is 11.6 Å². The average Bonchev–Trinajstić information content (AvgIpc) is 2.36. The largest absolute Gasteiger partial charge is 0.369 e. The zero-order valence-electron chi connectivity index (χ0n) is 10.6. The molecular formula is C14H16FN3. The number of nitrogens with one attached hydrogen (secondary N) is 1. The third-order valence-electron chi connectivity index (χ3n) is 2.56. The number of hydrogen-bond donors (Lipinski definition) is 1. The summed E-state index contributed by atoms with van der Waals surface area (Å²) in [5.41, 5.74) is 2.31. The molecule has 0 spiro atoms. The van der Waals surface area contributed by atoms with Crippen LogP contribution < -0.4 is 5.32 Å². The minimum Gasteiger partial charge on any atom is -0.369 e. The first-order valence-electron chi connectivity index (χ1n) is 6.04. The maximum atomic E-state index is 13.3. The van der Waals surface area contributed by atoms with Gasteiger partial charge in [-0.2, -0.15) is 0 Å². The van der Waals surface area contributed by atoms with Crippen molar-refractivity contribution in [2.24, 2.45) is 0 Å². The Bertz CT molecular complexity index is 503. The van der Waals surface area contributed by atoms with Crippen molar-refractivity contribution in [2.75, 3.05) is 11.9 Å². The molecule has 1 N–H and O–H groups in total. The number of rotatable bonds is 4. The van der Waals surface area contributed by atoms with E-state index >= 15 is 0 Å². The van der Waals surface area contributed by atoms with E-state index in [1.54, 1.807) is 0 Å². The molecule has 0 aliphatic heterocycles. The Labute approximate surface area is 106 Å². The Morgan fingerprint density at radius 3 is 2.61 bits per heavy atom. The quantitative estimate of drug-likeness (QED) is 0.897. The fraction of sp³-hybridized carbons (Fsp3) is 0.286. The lowest BCUT2D eigenvalue weighted by atomic mass is 10.1. The van der Waals surface area contributed by atoms with Crippen LogP contribution in [-0.4, -0.2) is 16.7 Å². The lowest BCUT2D eigenvalue weighted by Crippen LogP contribution is -2.02. The topological polar surface area (TPSA) is 37.8 Å². The number of anilines is 1. The van der Waals surface area contributed by atoms with E-state index in [0.29, 0.717) is 5.69 Å². The highest BCUT2D eigenvalue weighted by Gasteiger charge is 2.03. The van der Waals surface area contributed by atoms with Gasteiger partial charge in [0, 0.05) is 12.1 Å². The van der Waals surface area contributed by atoms with Crippen molar-refractivity contribution in [1.82, 2.24) is 10.2 Å². The molecule has 18 heavy (non-hydrogen) atoms. The first-order valence-corrected chi connectivity index (χ1v) is 6.04. The van der Waals surface area contributed by atoms with Gasteiger partial charge in [0.25, 0.3) is 0 Å². The standard InChI is InChI=1S/C14H16FN3/c1-3-6-16-14-5-4-13(17-18-14)11-7-10(2)8-12(15)9-11/h4-5,7-9H,3,6H2,1-2H3,(H,16,18). The van der Waals surface area contributed by atoms with Crippen LogP contribution >= 0.6 is 0 Å². The Balaban J connectivity index is 2.23. The van der Waals surface area contributed by atoms with Gasteiger partial charge in [0.15, 0.2) is 0 Å². The fourth-order valence-electron chi connectivity index (χ4n) is 1.72. The molecule has 0 fully saturated rings. The molecule has 0 aliphatic carbocycles. The van der Waals surface area contributed by atoms with Crippen LogP contribution in [0.3, 0.4) is 0 Å². The number of aromatic nitrogens is 2. The van der Waals surface area contributed by atoms with Crippen LogP contribution in [-0.2, 0) is 0 Å². The van der Waals surface area contributed by atoms with Gasteiger partial charge in [-0.3, -0.25) is 0 Å². The van der Waals surface area contributed by atoms with Gasteiger partial charge in [-0.1, -0.05) is 6.92 Å². The van der Waals surface area contributed by atoms with Crippen molar-refractivity contribution in [1.29, 1.82) is 0 Å². The Hall–Kier alpha value is -1.97. The zero-order valence-corrected chi connectivity index (χ0v) is 10.6. The molecule has 0 amide bonds. The number of halogens is 1. The molecule has 0 saturated heterocycles. The van der Waals surface area contributed by atoms with E-state index in [-0.39, 0.29) is 5.82 Å². The summed E-state index contributed by atoms with van der Waals surface area (Å²) in [6.45, 7) is 4.81. The molecule has 1 aromatic heterocycles. The number of nitrogens with zero attached hydrogens (tertiary/aromatic N) is 2. The van der Waals surface area contributed by atoms with Crippen LogP contribution in [0.5, 0.6) is 0 Å². The molecule has 94 valence electrons. The van der Waals surface area contributed by atoms with Crippen LogP contribution in [0.1, 0.15) is 18.9 Å². The summed E-state index contributed by atoms with van der Waals surface area (Å²) >= 11 is 0. The third-order valence-corrected chi connectivity index (χ3v) is 2.56. The van der Waals surface area contributed by atoms with E-state index in [2.05, 4.69) is 22.4 Å². The highest BCUT2D eigenvalue weighted by Crippen LogP contribution is 2.20. The van der Waals surface area contributed by atoms with Crippen LogP contribution in [0.25, 0.3) is 11.3 Å². The molecule has 2 aromatic rings. The van der Waals surface area contributed by atoms with E-state index in [9.17, 15) is 4.39 Å². The summed E-state index contributed by atoms with van der Waals surface area (Å²) in [5, 5.41) is 11.3. The molecule has 1 aromatic carbocycles. The molecule has 0 atom stereocenters. The first kappa shape index (κ1) is 12.5. The minimum atomic E-state index is -0.250. The van der Waals surface area contributed by atoms with Crippen LogP contribution in [0.2, 0.25) is 0 Å². The van der Waals surface area contributed by atoms with Gasteiger partial charge in [-0.25, -0.2) is 4.39 Å². The summed E-state index contributed by atoms with van der Waals surface area (Å²) in [6, 6.07) is 8.56. The maximum Gasteiger partial charge on any atom is 0.148 e. The van der Waals surface area contributed by atoms with E-state index in [1.165, 1.54) is 12.1 Å². The van der Waals surface area contributed by atoms with Crippen molar-refractivity contribution in [2.45, 2.75) is 20.3 Å². The van der Waals surface area contributed by atoms with Crippen LogP contribution in [0, 0.1) is 12.7 Å². The summed E-state index contributed by atoms with van der Waals surface area (Å²) in [6.07, 6.45) is 1.03. The Kier molecular flexibility index (Phi) is 3.87. The molecule has 0 saturated carbocycles. The molecule has 3 nitrogen and oxygen atoms in total. The van der Waals surface area contributed by atoms with Gasteiger partial charge >= 0.3 is 0 Å². The van der Waals surface area contributed by atoms with Gasteiger partial charge < -0.3 is 5.32 Å². The molecule has 0 unspecified atom stereocenters. The highest BCUT2D eigenvalue weighted by atomic mass is 19.1. The van der Waals surface area contributed by atoms with Crippen molar-refractivity contribution in [3.05, 3.63) is 41.7 Å². The second-order valence-corrected chi connectivity index (χ2v) is 4.25. The summed E-state index contributed by atoms with van der Waals surface area (Å²) in [7, 11) is 0. The first-order chi connectivity index (χ1) is 8.69. The van der Waals surface area contributed by atoms with E-state index in [0.717, 1.165) is 29.9 Å². The van der Waals surface area contributed by atoms with E-state index in [1.807, 2.05) is 25.1 Å². The summed E-state index contributed by atoms with van der Waals surface area (Å²) in [5.74, 6) is 0.494. The van der Waals surface area contributed by atoms with Gasteiger partial charge in [-0.15, -0.1) is 10.2 Å². The minimum absolute atomic E-state index is 0.250. The molecule has 2 rings (SSSR count). The van der Waals surface area contributed by atoms with Crippen molar-refractivity contribution in [3.8, 4) is 11.3 Å². The van der Waals surface area contributed by atoms with E-state index in [4.69, 9.17) is 0 Å². The summed E-state index contributed by atoms with van der Waals surface area (Å²) in [4.78, 5) is 0. The molecule has 4 heteroatoms. The van der Waals surface area contributed by atoms with Gasteiger partial charge in [-0.05, 0) is 49.2 Å². The lowest BCUT2D eigenvalue weighted by molar-refractivity contribution is 0.627. The molecule has 0 radical (unpaired) electrons. The number of benzene rings is 1. The SMILES string of the molecule is CCCNc1ccc(-c2cc(C)cc(F)c2)nn1. The third kappa shape index (κ3) is 3.03. The Morgan fingerprint density at radius 2 is 2.00 bits per heavy atom. The zero-order chi connectivity index (χ0) is 13.0. The van der Waals surface area contributed by atoms with Crippen molar-refractivity contribution >= 4 is 5.82 Å².